The number of hydrogen-bond donors (Lipinski definition) is 1. The zero-order chi connectivity index (χ0) is 14.4. The second-order valence-electron chi connectivity index (χ2n) is 5.23. The third-order valence-corrected chi connectivity index (χ3v) is 3.99. The molecule has 1 aromatic carbocycles. The van der Waals surface area contributed by atoms with Gasteiger partial charge in [0.25, 0.3) is 0 Å². The smallest absolute Gasteiger partial charge is 0.249 e. The molecule has 1 aliphatic rings. The first-order valence-electron chi connectivity index (χ1n) is 6.93. The van der Waals surface area contributed by atoms with E-state index >= 15 is 0 Å². The number of piperidine rings is 1. The number of fused-ring (bicyclic) bond motifs is 3. The van der Waals surface area contributed by atoms with Gasteiger partial charge in [0.05, 0.1) is 5.52 Å². The van der Waals surface area contributed by atoms with Crippen molar-refractivity contribution in [2.45, 2.75) is 18.9 Å². The summed E-state index contributed by atoms with van der Waals surface area (Å²) in [6.07, 6.45) is 2.59. The maximum Gasteiger partial charge on any atom is 0.249 e. The lowest BCUT2D eigenvalue weighted by molar-refractivity contribution is -0.135. The molecule has 104 valence electrons. The van der Waals surface area contributed by atoms with E-state index in [4.69, 9.17) is 0 Å². The van der Waals surface area contributed by atoms with Crippen LogP contribution >= 0.6 is 0 Å². The number of rotatable bonds is 1. The summed E-state index contributed by atoms with van der Waals surface area (Å²) >= 11 is 0. The first-order chi connectivity index (χ1) is 10.3. The van der Waals surface area contributed by atoms with Gasteiger partial charge in [-0.05, 0) is 24.6 Å². The molecule has 2 aromatic heterocycles. The van der Waals surface area contributed by atoms with Gasteiger partial charge < -0.3 is 4.57 Å². The average molecular weight is 279 g/mol. The van der Waals surface area contributed by atoms with Gasteiger partial charge in [-0.15, -0.1) is 0 Å². The lowest BCUT2D eigenvalue weighted by Gasteiger charge is -2.23. The predicted molar refractivity (Wildman–Crippen MR) is 78.7 cm³/mol. The van der Waals surface area contributed by atoms with E-state index in [0.717, 1.165) is 21.9 Å². The molecule has 0 bridgehead atoms. The molecular formula is C16H13N3O2. The van der Waals surface area contributed by atoms with Crippen LogP contribution in [0.2, 0.25) is 0 Å². The minimum absolute atomic E-state index is 0.204. The minimum atomic E-state index is -0.389. The van der Waals surface area contributed by atoms with Crippen LogP contribution in [0.25, 0.3) is 21.9 Å². The van der Waals surface area contributed by atoms with Gasteiger partial charge in [-0.25, -0.2) is 4.98 Å². The summed E-state index contributed by atoms with van der Waals surface area (Å²) in [5.41, 5.74) is 1.76. The van der Waals surface area contributed by atoms with Crippen molar-refractivity contribution in [1.82, 2.24) is 14.9 Å². The molecule has 5 nitrogen and oxygen atoms in total. The van der Waals surface area contributed by atoms with Gasteiger partial charge >= 0.3 is 0 Å². The van der Waals surface area contributed by atoms with Crippen molar-refractivity contribution in [2.75, 3.05) is 0 Å². The third-order valence-electron chi connectivity index (χ3n) is 3.99. The van der Waals surface area contributed by atoms with Crippen LogP contribution in [-0.4, -0.2) is 21.4 Å². The third kappa shape index (κ3) is 1.74. The maximum atomic E-state index is 12.2. The summed E-state index contributed by atoms with van der Waals surface area (Å²) in [7, 11) is 0. The number of imide groups is 1. The van der Waals surface area contributed by atoms with E-state index in [9.17, 15) is 9.59 Å². The number of aromatic nitrogens is 2. The lowest BCUT2D eigenvalue weighted by Crippen LogP contribution is -2.41. The normalized spacial score (nSPS) is 19.1. The quantitative estimate of drug-likeness (QED) is 0.694. The van der Waals surface area contributed by atoms with Crippen molar-refractivity contribution in [3.63, 3.8) is 0 Å². The second kappa shape index (κ2) is 4.41. The van der Waals surface area contributed by atoms with Crippen molar-refractivity contribution in [3.05, 3.63) is 42.6 Å². The number of amides is 2. The first-order valence-corrected chi connectivity index (χ1v) is 6.93. The summed E-state index contributed by atoms with van der Waals surface area (Å²) in [5.74, 6) is -0.454. The Hall–Kier alpha value is -2.69. The largest absolute Gasteiger partial charge is 0.313 e. The molecule has 21 heavy (non-hydrogen) atoms. The molecule has 0 radical (unpaired) electrons. The van der Waals surface area contributed by atoms with E-state index in [1.807, 2.05) is 41.0 Å². The van der Waals surface area contributed by atoms with Crippen LogP contribution in [0.3, 0.4) is 0 Å². The van der Waals surface area contributed by atoms with E-state index in [-0.39, 0.29) is 17.9 Å². The number of nitrogens with one attached hydrogen (secondary N) is 1. The molecule has 0 saturated carbocycles. The van der Waals surface area contributed by atoms with E-state index in [2.05, 4.69) is 10.3 Å². The Kier molecular flexibility index (Phi) is 2.54. The summed E-state index contributed by atoms with van der Waals surface area (Å²) in [5, 5.41) is 4.52. The summed E-state index contributed by atoms with van der Waals surface area (Å²) < 4.78 is 1.95. The van der Waals surface area contributed by atoms with Crippen LogP contribution in [0.1, 0.15) is 18.9 Å². The van der Waals surface area contributed by atoms with E-state index in [1.54, 1.807) is 6.20 Å². The Morgan fingerprint density at radius 2 is 1.90 bits per heavy atom. The molecule has 3 aromatic rings. The standard InChI is InChI=1S/C16H13N3O2/c20-14-8-7-13(16(21)18-14)19-12-6-2-1-4-10(12)11-5-3-9-17-15(11)19/h1-6,9,13H,7-8H2,(H,18,20,21)/t13-/m1/s1. The zero-order valence-corrected chi connectivity index (χ0v) is 11.2. The van der Waals surface area contributed by atoms with Gasteiger partial charge in [0.2, 0.25) is 11.8 Å². The molecule has 2 amide bonds. The number of carbonyl (C=O) groups excluding carboxylic acids is 2. The Morgan fingerprint density at radius 1 is 1.10 bits per heavy atom. The lowest BCUT2D eigenvalue weighted by atomic mass is 10.1. The molecule has 0 unspecified atom stereocenters. The van der Waals surface area contributed by atoms with Crippen molar-refractivity contribution in [2.24, 2.45) is 0 Å². The number of nitrogens with zero attached hydrogens (tertiary/aromatic N) is 2. The van der Waals surface area contributed by atoms with Gasteiger partial charge in [0.1, 0.15) is 11.7 Å². The topological polar surface area (TPSA) is 64.0 Å². The van der Waals surface area contributed by atoms with Crippen LogP contribution < -0.4 is 5.32 Å². The van der Waals surface area contributed by atoms with Gasteiger partial charge in [-0.2, -0.15) is 0 Å². The van der Waals surface area contributed by atoms with Gasteiger partial charge in [0.15, 0.2) is 0 Å². The molecular weight excluding hydrogens is 266 g/mol. The van der Waals surface area contributed by atoms with Crippen LogP contribution in [0.15, 0.2) is 42.6 Å². The number of benzene rings is 1. The highest BCUT2D eigenvalue weighted by atomic mass is 16.2. The molecule has 1 aliphatic heterocycles. The van der Waals surface area contributed by atoms with Gasteiger partial charge in [0, 0.05) is 23.4 Å². The van der Waals surface area contributed by atoms with Crippen LogP contribution in [0.4, 0.5) is 0 Å². The monoisotopic (exact) mass is 279 g/mol. The SMILES string of the molecule is O=C1CC[C@@H](n2c3ccccc3c3cccnc32)C(=O)N1. The van der Waals surface area contributed by atoms with E-state index in [1.165, 1.54) is 0 Å². The molecule has 4 rings (SSSR count). The Morgan fingerprint density at radius 3 is 2.76 bits per heavy atom. The summed E-state index contributed by atoms with van der Waals surface area (Å²) in [4.78, 5) is 28.0. The molecule has 0 aliphatic carbocycles. The molecule has 1 atom stereocenters. The predicted octanol–water partition coefficient (Wildman–Crippen LogP) is 2.17. The molecule has 1 N–H and O–H groups in total. The summed E-state index contributed by atoms with van der Waals surface area (Å²) in [6.45, 7) is 0. The fourth-order valence-corrected chi connectivity index (χ4v) is 3.07. The Balaban J connectivity index is 2.02. The Bertz CT molecular complexity index is 828. The van der Waals surface area contributed by atoms with E-state index < -0.39 is 0 Å². The fourth-order valence-electron chi connectivity index (χ4n) is 3.07. The summed E-state index contributed by atoms with van der Waals surface area (Å²) in [6, 6.07) is 11.5. The molecule has 3 heterocycles. The fraction of sp³-hybridized carbons (Fsp3) is 0.188. The number of para-hydroxylation sites is 1. The Labute approximate surface area is 120 Å². The number of pyridine rings is 1. The van der Waals surface area contributed by atoms with E-state index in [0.29, 0.717) is 12.8 Å². The molecule has 1 fully saturated rings. The van der Waals surface area contributed by atoms with Gasteiger partial charge in [-0.1, -0.05) is 18.2 Å². The molecule has 1 saturated heterocycles. The van der Waals surface area contributed by atoms with Crippen molar-refractivity contribution in [1.29, 1.82) is 0 Å². The second-order valence-corrected chi connectivity index (χ2v) is 5.23. The van der Waals surface area contributed by atoms with Gasteiger partial charge in [-0.3, -0.25) is 14.9 Å². The molecule has 5 heteroatoms. The van der Waals surface area contributed by atoms with Crippen LogP contribution in [-0.2, 0) is 9.59 Å². The average Bonchev–Trinajstić information content (AvgIpc) is 2.82. The minimum Gasteiger partial charge on any atom is -0.313 e. The van der Waals surface area contributed by atoms with Crippen LogP contribution in [0.5, 0.6) is 0 Å². The zero-order valence-electron chi connectivity index (χ0n) is 11.2. The van der Waals surface area contributed by atoms with Crippen molar-refractivity contribution < 1.29 is 9.59 Å². The highest BCUT2D eigenvalue weighted by molar-refractivity contribution is 6.08. The van der Waals surface area contributed by atoms with Crippen molar-refractivity contribution in [3.8, 4) is 0 Å². The highest BCUT2D eigenvalue weighted by Crippen LogP contribution is 2.32. The van der Waals surface area contributed by atoms with Crippen LogP contribution in [0, 0.1) is 0 Å². The highest BCUT2D eigenvalue weighted by Gasteiger charge is 2.30. The van der Waals surface area contributed by atoms with Crippen molar-refractivity contribution >= 4 is 33.8 Å². The molecule has 0 spiro atoms. The number of hydrogen-bond acceptors (Lipinski definition) is 3. The first kappa shape index (κ1) is 12.1. The number of carbonyl (C=O) groups is 2. The maximum absolute atomic E-state index is 12.2.